The first-order valence-electron chi connectivity index (χ1n) is 9.87. The first kappa shape index (κ1) is 19.8. The third-order valence-corrected chi connectivity index (χ3v) is 6.20. The van der Waals surface area contributed by atoms with Crippen LogP contribution in [0.15, 0.2) is 83.3 Å². The maximum absolute atomic E-state index is 13.6. The van der Waals surface area contributed by atoms with Crippen LogP contribution in [0.5, 0.6) is 5.75 Å². The Morgan fingerprint density at radius 1 is 0.839 bits per heavy atom. The molecule has 0 radical (unpaired) electrons. The standard InChI is InChI=1S/C24H19BrN2O4/c1-30-19-10-6-5-9-18(19)21-20-22(31-27(21)17-7-3-2-4-8-17)24(29)26(23(20)28)16-13-11-15(25)12-14-16/h2-14,20-22H,1H3/t20-,21+,22+/m1/s1. The van der Waals surface area contributed by atoms with Crippen molar-refractivity contribution in [2.75, 3.05) is 17.1 Å². The molecule has 0 saturated carbocycles. The van der Waals surface area contributed by atoms with Gasteiger partial charge in [-0.15, -0.1) is 0 Å². The van der Waals surface area contributed by atoms with E-state index in [1.165, 1.54) is 4.90 Å². The summed E-state index contributed by atoms with van der Waals surface area (Å²) in [6.07, 6.45) is -0.911. The zero-order chi connectivity index (χ0) is 21.5. The monoisotopic (exact) mass is 478 g/mol. The number of ether oxygens (including phenoxy) is 1. The molecule has 0 aromatic heterocycles. The second-order valence-corrected chi connectivity index (χ2v) is 8.30. The van der Waals surface area contributed by atoms with E-state index in [-0.39, 0.29) is 11.8 Å². The molecule has 0 aliphatic carbocycles. The molecule has 6 nitrogen and oxygen atoms in total. The average molecular weight is 479 g/mol. The lowest BCUT2D eigenvalue weighted by atomic mass is 9.90. The lowest BCUT2D eigenvalue weighted by Gasteiger charge is -2.29. The van der Waals surface area contributed by atoms with E-state index in [0.717, 1.165) is 15.7 Å². The third kappa shape index (κ3) is 3.21. The fourth-order valence-electron chi connectivity index (χ4n) is 4.28. The molecule has 3 aromatic rings. The van der Waals surface area contributed by atoms with Crippen molar-refractivity contribution in [1.82, 2.24) is 0 Å². The van der Waals surface area contributed by atoms with Crippen LogP contribution >= 0.6 is 15.9 Å². The number of benzene rings is 3. The van der Waals surface area contributed by atoms with Crippen LogP contribution in [0.4, 0.5) is 11.4 Å². The van der Waals surface area contributed by atoms with Gasteiger partial charge in [0, 0.05) is 10.0 Å². The maximum atomic E-state index is 13.6. The lowest BCUT2D eigenvalue weighted by molar-refractivity contribution is -0.126. The smallest absolute Gasteiger partial charge is 0.266 e. The maximum Gasteiger partial charge on any atom is 0.266 e. The Balaban J connectivity index is 1.61. The van der Waals surface area contributed by atoms with Crippen LogP contribution in [0, 0.1) is 5.92 Å². The number of hydroxylamine groups is 1. The van der Waals surface area contributed by atoms with Crippen molar-refractivity contribution in [1.29, 1.82) is 0 Å². The highest BCUT2D eigenvalue weighted by atomic mass is 79.9. The van der Waals surface area contributed by atoms with Gasteiger partial charge in [0.25, 0.3) is 5.91 Å². The molecule has 0 unspecified atom stereocenters. The summed E-state index contributed by atoms with van der Waals surface area (Å²) in [5.74, 6) is -0.713. The number of fused-ring (bicyclic) bond motifs is 1. The Bertz CT molecular complexity index is 1140. The van der Waals surface area contributed by atoms with Gasteiger partial charge in [-0.05, 0) is 42.5 Å². The predicted octanol–water partition coefficient (Wildman–Crippen LogP) is 4.51. The average Bonchev–Trinajstić information content (AvgIpc) is 3.31. The summed E-state index contributed by atoms with van der Waals surface area (Å²) >= 11 is 3.39. The van der Waals surface area contributed by atoms with Gasteiger partial charge in [0.2, 0.25) is 5.91 Å². The topological polar surface area (TPSA) is 59.1 Å². The molecule has 0 bridgehead atoms. The second kappa shape index (κ2) is 7.83. The van der Waals surface area contributed by atoms with E-state index >= 15 is 0 Å². The second-order valence-electron chi connectivity index (χ2n) is 7.39. The summed E-state index contributed by atoms with van der Waals surface area (Å²) < 4.78 is 6.45. The van der Waals surface area contributed by atoms with E-state index in [1.807, 2.05) is 54.6 Å². The highest BCUT2D eigenvalue weighted by molar-refractivity contribution is 9.10. The summed E-state index contributed by atoms with van der Waals surface area (Å²) in [7, 11) is 1.59. The number of carbonyl (C=O) groups is 2. The van der Waals surface area contributed by atoms with Crippen LogP contribution in [-0.2, 0) is 14.4 Å². The normalized spacial score (nSPS) is 22.7. The van der Waals surface area contributed by atoms with E-state index in [9.17, 15) is 9.59 Å². The van der Waals surface area contributed by atoms with Crippen molar-refractivity contribution in [2.24, 2.45) is 5.92 Å². The highest BCUT2D eigenvalue weighted by Crippen LogP contribution is 2.49. The number of hydrogen-bond acceptors (Lipinski definition) is 5. The molecular weight excluding hydrogens is 460 g/mol. The number of nitrogens with zero attached hydrogens (tertiary/aromatic N) is 2. The van der Waals surface area contributed by atoms with Gasteiger partial charge in [0.05, 0.1) is 24.5 Å². The Morgan fingerprint density at radius 3 is 2.23 bits per heavy atom. The number of hydrogen-bond donors (Lipinski definition) is 0. The lowest BCUT2D eigenvalue weighted by Crippen LogP contribution is -2.37. The number of para-hydroxylation sites is 2. The molecule has 2 saturated heterocycles. The summed E-state index contributed by atoms with van der Waals surface area (Å²) in [5.41, 5.74) is 2.09. The minimum Gasteiger partial charge on any atom is -0.496 e. The van der Waals surface area contributed by atoms with Crippen molar-refractivity contribution < 1.29 is 19.2 Å². The van der Waals surface area contributed by atoms with Crippen molar-refractivity contribution in [3.8, 4) is 5.75 Å². The molecule has 2 heterocycles. The van der Waals surface area contributed by atoms with Crippen molar-refractivity contribution in [3.05, 3.63) is 88.9 Å². The number of methoxy groups -OCH3 is 1. The Hall–Kier alpha value is -3.16. The molecule has 2 aliphatic heterocycles. The predicted molar refractivity (Wildman–Crippen MR) is 120 cm³/mol. The number of amides is 2. The molecule has 156 valence electrons. The molecular formula is C24H19BrN2O4. The minimum absolute atomic E-state index is 0.286. The number of anilines is 2. The zero-order valence-corrected chi connectivity index (χ0v) is 18.2. The van der Waals surface area contributed by atoms with Crippen LogP contribution in [0.2, 0.25) is 0 Å². The van der Waals surface area contributed by atoms with Gasteiger partial charge < -0.3 is 4.74 Å². The number of carbonyl (C=O) groups excluding carboxylic acids is 2. The molecule has 31 heavy (non-hydrogen) atoms. The van der Waals surface area contributed by atoms with Gasteiger partial charge >= 0.3 is 0 Å². The van der Waals surface area contributed by atoms with Crippen molar-refractivity contribution in [3.63, 3.8) is 0 Å². The fourth-order valence-corrected chi connectivity index (χ4v) is 4.55. The van der Waals surface area contributed by atoms with Gasteiger partial charge in [-0.1, -0.05) is 52.3 Å². The highest BCUT2D eigenvalue weighted by Gasteiger charge is 2.60. The number of imide groups is 1. The first-order chi connectivity index (χ1) is 15.1. The van der Waals surface area contributed by atoms with E-state index in [0.29, 0.717) is 11.4 Å². The SMILES string of the molecule is COc1ccccc1[C@H]1[C@H]2C(=O)N(c3ccc(Br)cc3)C(=O)[C@H]2ON1c1ccccc1. The molecule has 5 rings (SSSR count). The van der Waals surface area contributed by atoms with Gasteiger partial charge in [0.1, 0.15) is 11.7 Å². The largest absolute Gasteiger partial charge is 0.496 e. The van der Waals surface area contributed by atoms with Crippen LogP contribution in [0.3, 0.4) is 0 Å². The fraction of sp³-hybridized carbons (Fsp3) is 0.167. The molecule has 2 fully saturated rings. The van der Waals surface area contributed by atoms with Crippen LogP contribution in [0.1, 0.15) is 11.6 Å². The minimum atomic E-state index is -0.911. The molecule has 7 heteroatoms. The van der Waals surface area contributed by atoms with Gasteiger partial charge in [-0.3, -0.25) is 14.4 Å². The van der Waals surface area contributed by atoms with Crippen LogP contribution < -0.4 is 14.7 Å². The molecule has 2 aliphatic rings. The summed E-state index contributed by atoms with van der Waals surface area (Å²) in [6, 6.07) is 23.6. The molecule has 3 atom stereocenters. The van der Waals surface area contributed by atoms with Gasteiger partial charge in [-0.2, -0.15) is 0 Å². The summed E-state index contributed by atoms with van der Waals surface area (Å²) in [6.45, 7) is 0. The van der Waals surface area contributed by atoms with Gasteiger partial charge in [0.15, 0.2) is 6.10 Å². The van der Waals surface area contributed by atoms with Crippen molar-refractivity contribution >= 4 is 39.1 Å². The molecule has 0 N–H and O–H groups in total. The number of rotatable bonds is 4. The van der Waals surface area contributed by atoms with Crippen LogP contribution in [-0.4, -0.2) is 25.0 Å². The zero-order valence-electron chi connectivity index (χ0n) is 16.6. The quantitative estimate of drug-likeness (QED) is 0.516. The van der Waals surface area contributed by atoms with Crippen LogP contribution in [0.25, 0.3) is 0 Å². The molecule has 3 aromatic carbocycles. The first-order valence-corrected chi connectivity index (χ1v) is 10.7. The Kier molecular flexibility index (Phi) is 5.00. The van der Waals surface area contributed by atoms with Gasteiger partial charge in [-0.25, -0.2) is 9.96 Å². The van der Waals surface area contributed by atoms with E-state index < -0.39 is 18.1 Å². The molecule has 0 spiro atoms. The van der Waals surface area contributed by atoms with E-state index in [2.05, 4.69) is 15.9 Å². The number of halogens is 1. The summed E-state index contributed by atoms with van der Waals surface area (Å²) in [5, 5.41) is 1.67. The van der Waals surface area contributed by atoms with Crippen molar-refractivity contribution in [2.45, 2.75) is 12.1 Å². The Labute approximate surface area is 188 Å². The molecule has 2 amide bonds. The Morgan fingerprint density at radius 2 is 1.52 bits per heavy atom. The third-order valence-electron chi connectivity index (χ3n) is 5.67. The van der Waals surface area contributed by atoms with E-state index in [1.54, 1.807) is 36.4 Å². The van der Waals surface area contributed by atoms with E-state index in [4.69, 9.17) is 9.57 Å². The summed E-state index contributed by atoms with van der Waals surface area (Å²) in [4.78, 5) is 34.3.